The monoisotopic (exact) mass is 419 g/mol. The van der Waals surface area contributed by atoms with Crippen molar-refractivity contribution in [2.75, 3.05) is 11.9 Å². The van der Waals surface area contributed by atoms with Gasteiger partial charge in [-0.1, -0.05) is 11.3 Å². The van der Waals surface area contributed by atoms with Crippen LogP contribution in [0.25, 0.3) is 0 Å². The summed E-state index contributed by atoms with van der Waals surface area (Å²) in [5.41, 5.74) is -2.79. The Bertz CT molecular complexity index is 958. The molecule has 0 aliphatic rings. The summed E-state index contributed by atoms with van der Waals surface area (Å²) in [6.07, 6.45) is -4.81. The lowest BCUT2D eigenvalue weighted by atomic mass is 10.1. The molecular formula is C14H8F3N3O7S. The van der Waals surface area contributed by atoms with Gasteiger partial charge >= 0.3 is 17.1 Å². The predicted octanol–water partition coefficient (Wildman–Crippen LogP) is 3.38. The summed E-state index contributed by atoms with van der Waals surface area (Å²) in [7, 11) is 0. The van der Waals surface area contributed by atoms with E-state index in [2.05, 4.69) is 4.74 Å². The van der Waals surface area contributed by atoms with Crippen LogP contribution >= 0.6 is 11.3 Å². The van der Waals surface area contributed by atoms with Crippen molar-refractivity contribution in [1.29, 1.82) is 0 Å². The molecule has 0 spiro atoms. The summed E-state index contributed by atoms with van der Waals surface area (Å²) in [5, 5.41) is 23.1. The first-order valence-electron chi connectivity index (χ1n) is 7.06. The molecule has 0 bridgehead atoms. The number of hydrogen-bond acceptors (Lipinski definition) is 8. The van der Waals surface area contributed by atoms with Crippen LogP contribution in [0, 0.1) is 20.2 Å². The van der Waals surface area contributed by atoms with E-state index in [4.69, 9.17) is 0 Å². The topological polar surface area (TPSA) is 142 Å². The number of nitro groups is 2. The summed E-state index contributed by atoms with van der Waals surface area (Å²) in [6.45, 7) is -0.914. The number of carbonyl (C=O) groups is 2. The number of alkyl halides is 3. The van der Waals surface area contributed by atoms with Gasteiger partial charge in [0.25, 0.3) is 11.6 Å². The average molecular weight is 419 g/mol. The number of amides is 1. The van der Waals surface area contributed by atoms with Gasteiger partial charge in [-0.3, -0.25) is 25.0 Å². The Hall–Kier alpha value is -3.55. The molecule has 14 heteroatoms. The van der Waals surface area contributed by atoms with Crippen LogP contribution in [-0.4, -0.2) is 28.3 Å². The predicted molar refractivity (Wildman–Crippen MR) is 88.0 cm³/mol. The van der Waals surface area contributed by atoms with E-state index in [0.29, 0.717) is 23.5 Å². The van der Waals surface area contributed by atoms with Crippen molar-refractivity contribution in [3.8, 4) is 0 Å². The third-order valence-corrected chi connectivity index (χ3v) is 4.12. The molecule has 0 saturated heterocycles. The van der Waals surface area contributed by atoms with Crippen molar-refractivity contribution in [2.24, 2.45) is 0 Å². The van der Waals surface area contributed by atoms with Crippen LogP contribution in [0.1, 0.15) is 15.2 Å². The SMILES string of the molecule is O=C(COC(=O)c1ccc([N+](=O)[O-])s1)Nc1ccc(C(F)(F)F)cc1[N+](=O)[O-]. The quantitative estimate of drug-likeness (QED) is 0.430. The molecule has 0 atom stereocenters. The van der Waals surface area contributed by atoms with E-state index in [1.807, 2.05) is 5.32 Å². The molecule has 1 aromatic carbocycles. The van der Waals surface area contributed by atoms with Crippen molar-refractivity contribution in [3.05, 3.63) is 61.0 Å². The third kappa shape index (κ3) is 5.00. The fourth-order valence-electron chi connectivity index (χ4n) is 1.89. The molecule has 0 saturated carbocycles. The van der Waals surface area contributed by atoms with Gasteiger partial charge in [0.2, 0.25) is 0 Å². The van der Waals surface area contributed by atoms with Crippen LogP contribution in [0.5, 0.6) is 0 Å². The number of carbonyl (C=O) groups excluding carboxylic acids is 2. The molecule has 1 heterocycles. The van der Waals surface area contributed by atoms with Crippen molar-refractivity contribution >= 4 is 39.6 Å². The standard InChI is InChI=1S/C14H8F3N3O7S/c15-14(16,17)7-1-2-8(9(5-7)19(23)24)18-11(21)6-27-13(22)10-3-4-12(28-10)20(25)26/h1-5H,6H2,(H,18,21). The van der Waals surface area contributed by atoms with E-state index < -0.39 is 51.4 Å². The number of nitro benzene ring substituents is 1. The minimum Gasteiger partial charge on any atom is -0.451 e. The van der Waals surface area contributed by atoms with Gasteiger partial charge in [0, 0.05) is 12.1 Å². The zero-order valence-corrected chi connectivity index (χ0v) is 14.2. The van der Waals surface area contributed by atoms with E-state index in [1.165, 1.54) is 0 Å². The number of ether oxygens (including phenoxy) is 1. The van der Waals surface area contributed by atoms with E-state index >= 15 is 0 Å². The number of hydrogen-bond donors (Lipinski definition) is 1. The van der Waals surface area contributed by atoms with Crippen LogP contribution in [0.3, 0.4) is 0 Å². The number of halogens is 3. The molecule has 0 aliphatic heterocycles. The molecule has 28 heavy (non-hydrogen) atoms. The van der Waals surface area contributed by atoms with E-state index in [9.17, 15) is 43.0 Å². The van der Waals surface area contributed by atoms with Gasteiger partial charge in [-0.2, -0.15) is 13.2 Å². The lowest BCUT2D eigenvalue weighted by Gasteiger charge is -2.10. The molecule has 148 valence electrons. The maximum absolute atomic E-state index is 12.6. The summed E-state index contributed by atoms with van der Waals surface area (Å²) in [6, 6.07) is 3.67. The Balaban J connectivity index is 2.05. The second-order valence-electron chi connectivity index (χ2n) is 5.01. The maximum Gasteiger partial charge on any atom is 0.416 e. The molecule has 1 amide bonds. The first kappa shape index (κ1) is 20.8. The fourth-order valence-corrected chi connectivity index (χ4v) is 2.60. The van der Waals surface area contributed by atoms with Gasteiger partial charge in [-0.05, 0) is 18.2 Å². The second-order valence-corrected chi connectivity index (χ2v) is 6.07. The summed E-state index contributed by atoms with van der Waals surface area (Å²) in [5.74, 6) is -2.10. The number of esters is 1. The number of thiophene rings is 1. The van der Waals surface area contributed by atoms with Gasteiger partial charge in [-0.15, -0.1) is 0 Å². The zero-order valence-electron chi connectivity index (χ0n) is 13.4. The number of rotatable bonds is 6. The molecule has 0 radical (unpaired) electrons. The fraction of sp³-hybridized carbons (Fsp3) is 0.143. The Labute approximate surface area is 156 Å². The van der Waals surface area contributed by atoms with Crippen molar-refractivity contribution in [1.82, 2.24) is 0 Å². The minimum absolute atomic E-state index is 0.153. The Morgan fingerprint density at radius 2 is 1.79 bits per heavy atom. The molecule has 2 rings (SSSR count). The first-order valence-corrected chi connectivity index (χ1v) is 7.87. The largest absolute Gasteiger partial charge is 0.451 e. The van der Waals surface area contributed by atoms with Gasteiger partial charge in [0.15, 0.2) is 6.61 Å². The normalized spacial score (nSPS) is 11.0. The maximum atomic E-state index is 12.6. The molecule has 1 aromatic heterocycles. The van der Waals surface area contributed by atoms with E-state index in [0.717, 1.165) is 12.1 Å². The van der Waals surface area contributed by atoms with Crippen molar-refractivity contribution < 1.29 is 37.3 Å². The lowest BCUT2D eigenvalue weighted by Crippen LogP contribution is -2.21. The summed E-state index contributed by atoms with van der Waals surface area (Å²) in [4.78, 5) is 43.0. The average Bonchev–Trinajstić information content (AvgIpc) is 3.09. The van der Waals surface area contributed by atoms with Crippen LogP contribution in [0.4, 0.5) is 29.5 Å². The Morgan fingerprint density at radius 1 is 1.11 bits per heavy atom. The second kappa shape index (κ2) is 7.99. The highest BCUT2D eigenvalue weighted by atomic mass is 32.1. The van der Waals surface area contributed by atoms with Gasteiger partial charge in [-0.25, -0.2) is 4.79 Å². The highest BCUT2D eigenvalue weighted by Crippen LogP contribution is 2.35. The van der Waals surface area contributed by atoms with Crippen LogP contribution in [0.15, 0.2) is 30.3 Å². The molecule has 2 aromatic rings. The lowest BCUT2D eigenvalue weighted by molar-refractivity contribution is -0.384. The van der Waals surface area contributed by atoms with Crippen molar-refractivity contribution in [3.63, 3.8) is 0 Å². The summed E-state index contributed by atoms with van der Waals surface area (Å²) >= 11 is 0.514. The van der Waals surface area contributed by atoms with Gasteiger partial charge in [0.05, 0.1) is 15.4 Å². The number of nitrogens with zero attached hydrogens (tertiary/aromatic N) is 2. The molecule has 0 aliphatic carbocycles. The van der Waals surface area contributed by atoms with Crippen LogP contribution < -0.4 is 5.32 Å². The molecular weight excluding hydrogens is 411 g/mol. The zero-order chi connectivity index (χ0) is 21.1. The van der Waals surface area contributed by atoms with Crippen molar-refractivity contribution in [2.45, 2.75) is 6.18 Å². The molecule has 0 unspecified atom stereocenters. The number of nitrogens with one attached hydrogen (secondary N) is 1. The Kier molecular flexibility index (Phi) is 5.93. The van der Waals surface area contributed by atoms with Crippen LogP contribution in [0.2, 0.25) is 0 Å². The third-order valence-electron chi connectivity index (χ3n) is 3.10. The molecule has 0 fully saturated rings. The Morgan fingerprint density at radius 3 is 2.32 bits per heavy atom. The molecule has 10 nitrogen and oxygen atoms in total. The minimum atomic E-state index is -4.81. The highest BCUT2D eigenvalue weighted by Gasteiger charge is 2.33. The van der Waals surface area contributed by atoms with E-state index in [-0.39, 0.29) is 15.9 Å². The number of benzene rings is 1. The van der Waals surface area contributed by atoms with Gasteiger partial charge in [0.1, 0.15) is 10.6 Å². The molecule has 1 N–H and O–H groups in total. The first-order chi connectivity index (χ1) is 13.0. The van der Waals surface area contributed by atoms with Crippen LogP contribution in [-0.2, 0) is 15.7 Å². The number of anilines is 1. The van der Waals surface area contributed by atoms with E-state index in [1.54, 1.807) is 0 Å². The summed E-state index contributed by atoms with van der Waals surface area (Å²) < 4.78 is 42.5. The van der Waals surface area contributed by atoms with Gasteiger partial charge < -0.3 is 10.1 Å². The highest BCUT2D eigenvalue weighted by molar-refractivity contribution is 7.17. The smallest absolute Gasteiger partial charge is 0.416 e.